The summed E-state index contributed by atoms with van der Waals surface area (Å²) in [7, 11) is 3.25. The van der Waals surface area contributed by atoms with Gasteiger partial charge in [0.25, 0.3) is 0 Å². The molecule has 0 bridgehead atoms. The van der Waals surface area contributed by atoms with Crippen LogP contribution in [-0.2, 0) is 6.42 Å². The van der Waals surface area contributed by atoms with Crippen molar-refractivity contribution in [2.45, 2.75) is 11.6 Å². The molecule has 0 aliphatic heterocycles. The van der Waals surface area contributed by atoms with E-state index < -0.39 is 0 Å². The van der Waals surface area contributed by atoms with Gasteiger partial charge in [-0.15, -0.1) is 10.2 Å². The first-order valence-corrected chi connectivity index (χ1v) is 9.26. The van der Waals surface area contributed by atoms with Crippen LogP contribution in [0.25, 0.3) is 0 Å². The van der Waals surface area contributed by atoms with Crippen molar-refractivity contribution in [1.82, 2.24) is 14.9 Å². The molecule has 7 heteroatoms. The van der Waals surface area contributed by atoms with Gasteiger partial charge in [-0.25, -0.2) is 0 Å². The van der Waals surface area contributed by atoms with E-state index in [1.165, 1.54) is 11.8 Å². The minimum absolute atomic E-state index is 0.658. The number of nitrogens with zero attached hydrogens (tertiary/aromatic N) is 4. The molecule has 1 aromatic heterocycles. The summed E-state index contributed by atoms with van der Waals surface area (Å²) in [4.78, 5) is 0. The van der Waals surface area contributed by atoms with Gasteiger partial charge in [0.2, 0.25) is 5.16 Å². The first-order valence-electron chi connectivity index (χ1n) is 8.03. The van der Waals surface area contributed by atoms with Gasteiger partial charge in [0.15, 0.2) is 5.82 Å². The van der Waals surface area contributed by atoms with E-state index in [0.29, 0.717) is 12.2 Å². The number of ether oxygens (including phenoxy) is 2. The molecule has 0 aliphatic rings. The van der Waals surface area contributed by atoms with Crippen LogP contribution in [-0.4, -0.2) is 41.6 Å². The lowest BCUT2D eigenvalue weighted by Gasteiger charge is -2.07. The number of hydrogen-bond donors (Lipinski definition) is 0. The van der Waals surface area contributed by atoms with Crippen LogP contribution in [0.15, 0.2) is 58.8 Å². The van der Waals surface area contributed by atoms with E-state index >= 15 is 0 Å². The molecule has 3 rings (SSSR count). The minimum Gasteiger partial charge on any atom is -0.497 e. The Morgan fingerprint density at radius 1 is 1.08 bits per heavy atom. The van der Waals surface area contributed by atoms with Crippen molar-refractivity contribution in [3.8, 4) is 11.5 Å². The van der Waals surface area contributed by atoms with Crippen molar-refractivity contribution < 1.29 is 9.47 Å². The summed E-state index contributed by atoms with van der Waals surface area (Å²) in [5.74, 6) is 2.21. The Bertz CT molecular complexity index is 894. The maximum absolute atomic E-state index is 5.42. The first-order chi connectivity index (χ1) is 12.7. The zero-order valence-electron chi connectivity index (χ0n) is 14.9. The number of thioether (sulfide) groups is 1. The summed E-state index contributed by atoms with van der Waals surface area (Å²) in [6.45, 7) is 0. The van der Waals surface area contributed by atoms with Gasteiger partial charge in [-0.05, 0) is 24.0 Å². The van der Waals surface area contributed by atoms with E-state index in [9.17, 15) is 0 Å². The predicted molar refractivity (Wildman–Crippen MR) is 104 cm³/mol. The van der Waals surface area contributed by atoms with Crippen LogP contribution in [0.5, 0.6) is 11.5 Å². The molecule has 0 spiro atoms. The van der Waals surface area contributed by atoms with E-state index in [-0.39, 0.29) is 0 Å². The van der Waals surface area contributed by atoms with Crippen molar-refractivity contribution in [2.75, 3.05) is 20.5 Å². The van der Waals surface area contributed by atoms with Crippen LogP contribution in [0.1, 0.15) is 17.0 Å². The summed E-state index contributed by atoms with van der Waals surface area (Å²) in [6, 6.07) is 15.7. The van der Waals surface area contributed by atoms with Gasteiger partial charge < -0.3 is 9.47 Å². The Kier molecular flexibility index (Phi) is 5.91. The second-order valence-corrected chi connectivity index (χ2v) is 6.20. The molecule has 6 nitrogen and oxygen atoms in total. The van der Waals surface area contributed by atoms with E-state index in [2.05, 4.69) is 27.4 Å². The van der Waals surface area contributed by atoms with Gasteiger partial charge in [0.1, 0.15) is 11.5 Å². The minimum atomic E-state index is 0.658. The summed E-state index contributed by atoms with van der Waals surface area (Å²) in [6.07, 6.45) is 4.36. The SMILES string of the molecule is COc1ccc(/C=N\n2c(Cc3ccccc3)nnc2SC)c(OC)c1. The topological polar surface area (TPSA) is 61.5 Å². The molecule has 2 aromatic carbocycles. The predicted octanol–water partition coefficient (Wildman–Crippen LogP) is 3.49. The molecule has 0 saturated heterocycles. The average Bonchev–Trinajstić information content (AvgIpc) is 3.08. The van der Waals surface area contributed by atoms with E-state index in [1.807, 2.05) is 42.7 Å². The van der Waals surface area contributed by atoms with Gasteiger partial charge in [-0.1, -0.05) is 42.1 Å². The first kappa shape index (κ1) is 18.0. The fourth-order valence-corrected chi connectivity index (χ4v) is 2.92. The summed E-state index contributed by atoms with van der Waals surface area (Å²) >= 11 is 1.50. The molecular formula is C19H20N4O2S. The second kappa shape index (κ2) is 8.53. The van der Waals surface area contributed by atoms with Crippen molar-refractivity contribution in [1.29, 1.82) is 0 Å². The maximum Gasteiger partial charge on any atom is 0.211 e. The smallest absolute Gasteiger partial charge is 0.211 e. The van der Waals surface area contributed by atoms with E-state index in [4.69, 9.17) is 9.47 Å². The highest BCUT2D eigenvalue weighted by molar-refractivity contribution is 7.98. The fraction of sp³-hybridized carbons (Fsp3) is 0.211. The third-order valence-corrected chi connectivity index (χ3v) is 4.44. The van der Waals surface area contributed by atoms with Crippen LogP contribution in [0.2, 0.25) is 0 Å². The summed E-state index contributed by atoms with van der Waals surface area (Å²) in [5, 5.41) is 13.8. The number of rotatable bonds is 7. The average molecular weight is 368 g/mol. The molecule has 0 unspecified atom stereocenters. The number of hydrogen-bond acceptors (Lipinski definition) is 6. The van der Waals surface area contributed by atoms with Gasteiger partial charge in [0, 0.05) is 18.1 Å². The highest BCUT2D eigenvalue weighted by Crippen LogP contribution is 2.23. The molecule has 0 N–H and O–H groups in total. The van der Waals surface area contributed by atoms with Crippen molar-refractivity contribution >= 4 is 18.0 Å². The molecule has 26 heavy (non-hydrogen) atoms. The molecule has 0 amide bonds. The third-order valence-electron chi connectivity index (χ3n) is 3.82. The lowest BCUT2D eigenvalue weighted by molar-refractivity contribution is 0.394. The van der Waals surface area contributed by atoms with Crippen molar-refractivity contribution in [3.63, 3.8) is 0 Å². The molecule has 0 fully saturated rings. The lowest BCUT2D eigenvalue weighted by Crippen LogP contribution is -2.02. The van der Waals surface area contributed by atoms with Gasteiger partial charge >= 0.3 is 0 Å². The normalized spacial score (nSPS) is 11.0. The largest absolute Gasteiger partial charge is 0.497 e. The number of aromatic nitrogens is 3. The second-order valence-electron chi connectivity index (χ2n) is 5.43. The molecule has 1 heterocycles. The molecule has 0 atom stereocenters. The lowest BCUT2D eigenvalue weighted by atomic mass is 10.1. The van der Waals surface area contributed by atoms with Gasteiger partial charge in [-0.2, -0.15) is 9.78 Å². The van der Waals surface area contributed by atoms with Crippen LogP contribution in [0, 0.1) is 0 Å². The zero-order valence-corrected chi connectivity index (χ0v) is 15.7. The molecule has 3 aromatic rings. The number of benzene rings is 2. The van der Waals surface area contributed by atoms with Crippen LogP contribution < -0.4 is 9.47 Å². The third kappa shape index (κ3) is 4.05. The van der Waals surface area contributed by atoms with E-state index in [1.54, 1.807) is 25.1 Å². The Morgan fingerprint density at radius 3 is 2.58 bits per heavy atom. The van der Waals surface area contributed by atoms with Crippen molar-refractivity contribution in [2.24, 2.45) is 5.10 Å². The zero-order chi connectivity index (χ0) is 18.4. The van der Waals surface area contributed by atoms with Crippen LogP contribution in [0.4, 0.5) is 0 Å². The van der Waals surface area contributed by atoms with Gasteiger partial charge in [0.05, 0.1) is 20.4 Å². The Labute approximate surface area is 156 Å². The Morgan fingerprint density at radius 2 is 1.88 bits per heavy atom. The molecule has 0 saturated carbocycles. The molecule has 0 aliphatic carbocycles. The van der Waals surface area contributed by atoms with Crippen LogP contribution in [0.3, 0.4) is 0 Å². The summed E-state index contributed by atoms with van der Waals surface area (Å²) in [5.41, 5.74) is 2.01. The standard InChI is InChI=1S/C19H20N4O2S/c1-24-16-10-9-15(17(12-16)25-2)13-20-23-18(21-22-19(23)26-3)11-14-7-5-4-6-8-14/h4-10,12-13H,11H2,1-3H3/b20-13-. The quantitative estimate of drug-likeness (QED) is 0.472. The maximum atomic E-state index is 5.42. The van der Waals surface area contributed by atoms with Gasteiger partial charge in [-0.3, -0.25) is 0 Å². The number of methoxy groups -OCH3 is 2. The Hall–Kier alpha value is -2.80. The Balaban J connectivity index is 1.91. The monoisotopic (exact) mass is 368 g/mol. The summed E-state index contributed by atoms with van der Waals surface area (Å²) < 4.78 is 12.4. The fourth-order valence-electron chi connectivity index (χ4n) is 2.47. The van der Waals surface area contributed by atoms with Crippen LogP contribution >= 0.6 is 11.8 Å². The molecular weight excluding hydrogens is 348 g/mol. The highest BCUT2D eigenvalue weighted by atomic mass is 32.2. The molecule has 0 radical (unpaired) electrons. The van der Waals surface area contributed by atoms with Crippen molar-refractivity contribution in [3.05, 3.63) is 65.5 Å². The van der Waals surface area contributed by atoms with E-state index in [0.717, 1.165) is 27.9 Å². The highest BCUT2D eigenvalue weighted by Gasteiger charge is 2.11. The molecule has 134 valence electrons.